The van der Waals surface area contributed by atoms with Gasteiger partial charge in [-0.2, -0.15) is 0 Å². The predicted octanol–water partition coefficient (Wildman–Crippen LogP) is 3.06. The van der Waals surface area contributed by atoms with Gasteiger partial charge < -0.3 is 10.2 Å². The van der Waals surface area contributed by atoms with Gasteiger partial charge in [0.25, 0.3) is 0 Å². The molecule has 1 heterocycles. The molecule has 2 N–H and O–H groups in total. The lowest BCUT2D eigenvalue weighted by molar-refractivity contribution is 0.486. The first kappa shape index (κ1) is 24.9. The molecule has 0 unspecified atom stereocenters. The molecule has 9 heteroatoms. The van der Waals surface area contributed by atoms with Crippen molar-refractivity contribution < 1.29 is 8.42 Å². The van der Waals surface area contributed by atoms with Crippen LogP contribution in [0.25, 0.3) is 0 Å². The van der Waals surface area contributed by atoms with Gasteiger partial charge in [0.15, 0.2) is 5.96 Å². The Balaban J connectivity index is 0.00000392. The SMILES string of the molecule is CCNC(=NCc1ccc(CS(=O)(=O)NC)cc1)N(C)CCc1cccs1.I. The van der Waals surface area contributed by atoms with Crippen LogP contribution in [0.3, 0.4) is 0 Å². The van der Waals surface area contributed by atoms with E-state index in [2.05, 4.69) is 39.4 Å². The van der Waals surface area contributed by atoms with E-state index in [9.17, 15) is 8.42 Å². The van der Waals surface area contributed by atoms with E-state index in [0.29, 0.717) is 6.54 Å². The van der Waals surface area contributed by atoms with Crippen molar-refractivity contribution in [1.82, 2.24) is 14.9 Å². The number of hydrogen-bond acceptors (Lipinski definition) is 4. The van der Waals surface area contributed by atoms with Crippen molar-refractivity contribution in [2.45, 2.75) is 25.6 Å². The smallest absolute Gasteiger partial charge is 0.215 e. The number of nitrogens with one attached hydrogen (secondary N) is 2. The summed E-state index contributed by atoms with van der Waals surface area (Å²) in [7, 11) is 0.221. The quantitative estimate of drug-likeness (QED) is 0.294. The minimum absolute atomic E-state index is 0. The lowest BCUT2D eigenvalue weighted by Gasteiger charge is -2.21. The number of thiophene rings is 1. The fourth-order valence-electron chi connectivity index (χ4n) is 2.51. The second-order valence-electron chi connectivity index (χ2n) is 6.20. The first-order valence-electron chi connectivity index (χ1n) is 8.94. The average molecular weight is 537 g/mol. The minimum atomic E-state index is -3.25. The monoisotopic (exact) mass is 536 g/mol. The van der Waals surface area contributed by atoms with E-state index >= 15 is 0 Å². The minimum Gasteiger partial charge on any atom is -0.357 e. The Kier molecular flexibility index (Phi) is 11.0. The molecule has 0 aliphatic carbocycles. The molecular formula is C19H29IN4O2S2. The topological polar surface area (TPSA) is 73.8 Å². The van der Waals surface area contributed by atoms with Gasteiger partial charge in [-0.1, -0.05) is 30.3 Å². The molecule has 0 spiro atoms. The molecule has 2 rings (SSSR count). The van der Waals surface area contributed by atoms with E-state index in [-0.39, 0.29) is 29.7 Å². The maximum atomic E-state index is 11.6. The molecule has 0 saturated carbocycles. The van der Waals surface area contributed by atoms with Crippen LogP contribution >= 0.6 is 35.3 Å². The average Bonchev–Trinajstić information content (AvgIpc) is 3.18. The molecule has 2 aromatic rings. The van der Waals surface area contributed by atoms with Gasteiger partial charge in [0.2, 0.25) is 10.0 Å². The zero-order valence-corrected chi connectivity index (χ0v) is 20.5. The van der Waals surface area contributed by atoms with E-state index in [0.717, 1.165) is 36.6 Å². The van der Waals surface area contributed by atoms with E-state index < -0.39 is 10.0 Å². The summed E-state index contributed by atoms with van der Waals surface area (Å²) in [6, 6.07) is 11.8. The zero-order valence-electron chi connectivity index (χ0n) is 16.5. The van der Waals surface area contributed by atoms with Crippen LogP contribution in [0.5, 0.6) is 0 Å². The second-order valence-corrected chi connectivity index (χ2v) is 9.16. The zero-order chi connectivity index (χ0) is 19.7. The molecule has 0 aliphatic heterocycles. The summed E-state index contributed by atoms with van der Waals surface area (Å²) in [6.45, 7) is 4.31. The molecule has 0 bridgehead atoms. The highest BCUT2D eigenvalue weighted by molar-refractivity contribution is 14.0. The van der Waals surface area contributed by atoms with Crippen molar-refractivity contribution in [3.63, 3.8) is 0 Å². The number of nitrogens with zero attached hydrogens (tertiary/aromatic N) is 2. The summed E-state index contributed by atoms with van der Waals surface area (Å²) >= 11 is 1.77. The molecular weight excluding hydrogens is 507 g/mol. The fourth-order valence-corrected chi connectivity index (χ4v) is 3.98. The molecule has 0 aliphatic rings. The van der Waals surface area contributed by atoms with Crippen molar-refractivity contribution in [3.8, 4) is 0 Å². The molecule has 28 heavy (non-hydrogen) atoms. The van der Waals surface area contributed by atoms with E-state index in [4.69, 9.17) is 4.99 Å². The Hall–Kier alpha value is -1.17. The number of benzene rings is 1. The van der Waals surface area contributed by atoms with Crippen LogP contribution in [-0.4, -0.2) is 46.5 Å². The van der Waals surface area contributed by atoms with Gasteiger partial charge in [0.05, 0.1) is 12.3 Å². The van der Waals surface area contributed by atoms with Crippen LogP contribution in [0.4, 0.5) is 0 Å². The highest BCUT2D eigenvalue weighted by atomic mass is 127. The number of likely N-dealkylation sites (N-methyl/N-ethyl adjacent to an activating group) is 1. The standard InChI is InChI=1S/C19H28N4O2S2.HI/c1-4-21-19(23(3)12-11-18-6-5-13-26-18)22-14-16-7-9-17(10-8-16)15-27(24,25)20-2;/h5-10,13,20H,4,11-12,14-15H2,1-3H3,(H,21,22);1H. The Morgan fingerprint density at radius 2 is 1.86 bits per heavy atom. The number of halogens is 1. The maximum Gasteiger partial charge on any atom is 0.215 e. The first-order valence-corrected chi connectivity index (χ1v) is 11.5. The summed E-state index contributed by atoms with van der Waals surface area (Å²) in [6.07, 6.45) is 0.993. The van der Waals surface area contributed by atoms with Crippen LogP contribution in [-0.2, 0) is 28.7 Å². The van der Waals surface area contributed by atoms with E-state index in [1.54, 1.807) is 11.3 Å². The number of hydrogen-bond donors (Lipinski definition) is 2. The van der Waals surface area contributed by atoms with Crippen molar-refractivity contribution in [1.29, 1.82) is 0 Å². The lowest BCUT2D eigenvalue weighted by Crippen LogP contribution is -2.39. The van der Waals surface area contributed by atoms with E-state index in [1.165, 1.54) is 11.9 Å². The molecule has 1 aromatic carbocycles. The van der Waals surface area contributed by atoms with Gasteiger partial charge >= 0.3 is 0 Å². The Morgan fingerprint density at radius 1 is 1.18 bits per heavy atom. The third-order valence-corrected chi connectivity index (χ3v) is 6.34. The molecule has 6 nitrogen and oxygen atoms in total. The predicted molar refractivity (Wildman–Crippen MR) is 129 cm³/mol. The van der Waals surface area contributed by atoms with E-state index in [1.807, 2.05) is 31.3 Å². The van der Waals surface area contributed by atoms with Crippen LogP contribution in [0.15, 0.2) is 46.8 Å². The van der Waals surface area contributed by atoms with Gasteiger partial charge in [-0.15, -0.1) is 35.3 Å². The second kappa shape index (κ2) is 12.4. The Morgan fingerprint density at radius 3 is 2.43 bits per heavy atom. The Labute approximate surface area is 189 Å². The molecule has 0 fully saturated rings. The largest absolute Gasteiger partial charge is 0.357 e. The molecule has 0 amide bonds. The summed E-state index contributed by atoms with van der Waals surface area (Å²) in [5, 5.41) is 5.42. The molecule has 0 radical (unpaired) electrons. The fraction of sp³-hybridized carbons (Fsp3) is 0.421. The summed E-state index contributed by atoms with van der Waals surface area (Å²) in [4.78, 5) is 8.21. The van der Waals surface area contributed by atoms with Gasteiger partial charge in [0.1, 0.15) is 0 Å². The highest BCUT2D eigenvalue weighted by Crippen LogP contribution is 2.11. The van der Waals surface area contributed by atoms with Crippen LogP contribution in [0, 0.1) is 0 Å². The normalized spacial score (nSPS) is 11.8. The third-order valence-electron chi connectivity index (χ3n) is 4.07. The van der Waals surface area contributed by atoms with Crippen molar-refractivity contribution >= 4 is 51.3 Å². The van der Waals surface area contributed by atoms with Gasteiger partial charge in [-0.3, -0.25) is 0 Å². The number of aliphatic imine (C=N–C) groups is 1. The van der Waals surface area contributed by atoms with Crippen molar-refractivity contribution in [2.24, 2.45) is 4.99 Å². The lowest BCUT2D eigenvalue weighted by atomic mass is 10.1. The van der Waals surface area contributed by atoms with Crippen LogP contribution in [0.2, 0.25) is 0 Å². The summed E-state index contributed by atoms with van der Waals surface area (Å²) < 4.78 is 25.6. The third kappa shape index (κ3) is 8.46. The maximum absolute atomic E-state index is 11.6. The molecule has 1 aromatic heterocycles. The number of sulfonamides is 1. The summed E-state index contributed by atoms with van der Waals surface area (Å²) in [5.41, 5.74) is 1.81. The first-order chi connectivity index (χ1) is 12.9. The highest BCUT2D eigenvalue weighted by Gasteiger charge is 2.09. The number of guanidine groups is 1. The van der Waals surface area contributed by atoms with Crippen molar-refractivity contribution in [3.05, 3.63) is 57.8 Å². The van der Waals surface area contributed by atoms with Gasteiger partial charge in [-0.25, -0.2) is 18.1 Å². The van der Waals surface area contributed by atoms with Gasteiger partial charge in [0, 0.05) is 25.0 Å². The number of rotatable bonds is 9. The van der Waals surface area contributed by atoms with Crippen molar-refractivity contribution in [2.75, 3.05) is 27.2 Å². The van der Waals surface area contributed by atoms with Crippen LogP contribution in [0.1, 0.15) is 22.9 Å². The Bertz CT molecular complexity index is 822. The molecule has 156 valence electrons. The van der Waals surface area contributed by atoms with Crippen LogP contribution < -0.4 is 10.0 Å². The molecule has 0 atom stereocenters. The summed E-state index contributed by atoms with van der Waals surface area (Å²) in [5.74, 6) is 0.858. The van der Waals surface area contributed by atoms with Gasteiger partial charge in [-0.05, 0) is 43.0 Å². The molecule has 0 saturated heterocycles.